The van der Waals surface area contributed by atoms with Crippen LogP contribution in [0.4, 0.5) is 0 Å². The first-order chi connectivity index (χ1) is 7.42. The number of rotatable bonds is 3. The highest BCUT2D eigenvalue weighted by atomic mass is 16.5. The van der Waals surface area contributed by atoms with Crippen molar-refractivity contribution in [3.8, 4) is 16.9 Å². The van der Waals surface area contributed by atoms with Crippen LogP contribution in [0, 0.1) is 0 Å². The van der Waals surface area contributed by atoms with Crippen molar-refractivity contribution in [2.45, 2.75) is 6.92 Å². The fraction of sp³-hybridized carbons (Fsp3) is 0.143. The Morgan fingerprint density at radius 2 is 1.53 bits per heavy atom. The van der Waals surface area contributed by atoms with E-state index in [9.17, 15) is 0 Å². The summed E-state index contributed by atoms with van der Waals surface area (Å²) in [6.45, 7) is 2.70. The molecule has 0 aliphatic rings. The van der Waals surface area contributed by atoms with Gasteiger partial charge in [-0.1, -0.05) is 48.5 Å². The van der Waals surface area contributed by atoms with Crippen LogP contribution in [0.2, 0.25) is 0 Å². The van der Waals surface area contributed by atoms with Gasteiger partial charge in [-0.2, -0.15) is 0 Å². The molecule has 0 saturated heterocycles. The molecule has 0 N–H and O–H groups in total. The highest BCUT2D eigenvalue weighted by Crippen LogP contribution is 2.29. The maximum Gasteiger partial charge on any atom is 0.127 e. The normalized spacial score (nSPS) is 9.93. The van der Waals surface area contributed by atoms with Crippen LogP contribution >= 0.6 is 0 Å². The van der Waals surface area contributed by atoms with E-state index >= 15 is 0 Å². The first-order valence-electron chi connectivity index (χ1n) is 5.19. The van der Waals surface area contributed by atoms with Crippen molar-refractivity contribution in [2.24, 2.45) is 0 Å². The van der Waals surface area contributed by atoms with Gasteiger partial charge in [0.2, 0.25) is 0 Å². The highest BCUT2D eigenvalue weighted by Gasteiger charge is 2.03. The number of hydrogen-bond donors (Lipinski definition) is 0. The fourth-order valence-electron chi connectivity index (χ4n) is 1.60. The lowest BCUT2D eigenvalue weighted by molar-refractivity contribution is 0.341. The number of benzene rings is 2. The number of ether oxygens (including phenoxy) is 1. The van der Waals surface area contributed by atoms with E-state index in [2.05, 4.69) is 18.2 Å². The summed E-state index contributed by atoms with van der Waals surface area (Å²) in [5.74, 6) is 0.950. The van der Waals surface area contributed by atoms with Gasteiger partial charge in [0.25, 0.3) is 0 Å². The molecule has 0 aromatic heterocycles. The van der Waals surface area contributed by atoms with Crippen LogP contribution in [-0.2, 0) is 0 Å². The van der Waals surface area contributed by atoms with E-state index in [4.69, 9.17) is 4.74 Å². The fourth-order valence-corrected chi connectivity index (χ4v) is 1.60. The van der Waals surface area contributed by atoms with E-state index < -0.39 is 0 Å². The molecule has 0 aliphatic carbocycles. The maximum absolute atomic E-state index is 5.59. The van der Waals surface area contributed by atoms with Crippen molar-refractivity contribution < 1.29 is 4.74 Å². The Morgan fingerprint density at radius 1 is 0.867 bits per heavy atom. The van der Waals surface area contributed by atoms with Crippen LogP contribution in [0.1, 0.15) is 6.92 Å². The van der Waals surface area contributed by atoms with Crippen molar-refractivity contribution in [1.29, 1.82) is 0 Å². The van der Waals surface area contributed by atoms with E-state index in [1.165, 1.54) is 5.56 Å². The molecule has 1 nitrogen and oxygen atoms in total. The Hall–Kier alpha value is -1.76. The minimum atomic E-state index is 0.698. The van der Waals surface area contributed by atoms with Gasteiger partial charge in [-0.25, -0.2) is 0 Å². The summed E-state index contributed by atoms with van der Waals surface area (Å²) in [6.07, 6.45) is 0. The number of para-hydroxylation sites is 1. The quantitative estimate of drug-likeness (QED) is 0.729. The monoisotopic (exact) mass is 198 g/mol. The highest BCUT2D eigenvalue weighted by molar-refractivity contribution is 5.70. The molecule has 0 atom stereocenters. The molecule has 1 heteroatoms. The van der Waals surface area contributed by atoms with E-state index in [1.54, 1.807) is 0 Å². The topological polar surface area (TPSA) is 9.23 Å². The molecular weight excluding hydrogens is 184 g/mol. The Balaban J connectivity index is 2.43. The summed E-state index contributed by atoms with van der Waals surface area (Å²) >= 11 is 0. The Bertz CT molecular complexity index is 420. The molecule has 0 radical (unpaired) electrons. The van der Waals surface area contributed by atoms with Gasteiger partial charge < -0.3 is 4.74 Å². The molecule has 0 aliphatic heterocycles. The van der Waals surface area contributed by atoms with Crippen molar-refractivity contribution in [3.05, 3.63) is 54.6 Å². The van der Waals surface area contributed by atoms with Gasteiger partial charge in [0.15, 0.2) is 0 Å². The third-order valence-electron chi connectivity index (χ3n) is 2.27. The van der Waals surface area contributed by atoms with Gasteiger partial charge in [-0.3, -0.25) is 0 Å². The van der Waals surface area contributed by atoms with Crippen molar-refractivity contribution in [1.82, 2.24) is 0 Å². The van der Waals surface area contributed by atoms with Crippen molar-refractivity contribution >= 4 is 0 Å². The Kier molecular flexibility index (Phi) is 3.03. The zero-order valence-electron chi connectivity index (χ0n) is 8.81. The minimum absolute atomic E-state index is 0.698. The molecule has 2 aromatic rings. The van der Waals surface area contributed by atoms with Crippen LogP contribution < -0.4 is 4.74 Å². The zero-order valence-corrected chi connectivity index (χ0v) is 8.81. The summed E-state index contributed by atoms with van der Waals surface area (Å²) in [5, 5.41) is 0. The maximum atomic E-state index is 5.59. The molecular formula is C14H14O. The molecule has 0 spiro atoms. The lowest BCUT2D eigenvalue weighted by Gasteiger charge is -2.09. The molecule has 0 bridgehead atoms. The van der Waals surface area contributed by atoms with Crippen LogP contribution in [0.3, 0.4) is 0 Å². The molecule has 2 rings (SSSR count). The number of hydrogen-bond acceptors (Lipinski definition) is 1. The zero-order chi connectivity index (χ0) is 10.5. The van der Waals surface area contributed by atoms with Gasteiger partial charge in [-0.05, 0) is 18.6 Å². The summed E-state index contributed by atoms with van der Waals surface area (Å²) in [5.41, 5.74) is 2.35. The van der Waals surface area contributed by atoms with Gasteiger partial charge in [0.05, 0.1) is 6.61 Å². The molecule has 0 unspecified atom stereocenters. The Labute approximate surface area is 90.3 Å². The van der Waals surface area contributed by atoms with Gasteiger partial charge in [-0.15, -0.1) is 0 Å². The minimum Gasteiger partial charge on any atom is -0.493 e. The average Bonchev–Trinajstić information content (AvgIpc) is 2.31. The molecule has 0 saturated carbocycles. The second-order valence-electron chi connectivity index (χ2n) is 3.30. The lowest BCUT2D eigenvalue weighted by Crippen LogP contribution is -1.93. The molecule has 0 heterocycles. The third kappa shape index (κ3) is 2.18. The second kappa shape index (κ2) is 4.65. The third-order valence-corrected chi connectivity index (χ3v) is 2.27. The van der Waals surface area contributed by atoms with E-state index in [-0.39, 0.29) is 0 Å². The van der Waals surface area contributed by atoms with Crippen LogP contribution in [-0.4, -0.2) is 6.61 Å². The standard InChI is InChI=1S/C14H14O/c1-2-15-14-11-7-6-10-13(14)12-8-4-3-5-9-12/h3-11H,2H2,1H3. The predicted molar refractivity (Wildman–Crippen MR) is 63.0 cm³/mol. The van der Waals surface area contributed by atoms with Crippen molar-refractivity contribution in [3.63, 3.8) is 0 Å². The summed E-state index contributed by atoms with van der Waals surface area (Å²) in [4.78, 5) is 0. The summed E-state index contributed by atoms with van der Waals surface area (Å²) < 4.78 is 5.59. The molecule has 76 valence electrons. The molecule has 15 heavy (non-hydrogen) atoms. The van der Waals surface area contributed by atoms with E-state index in [0.29, 0.717) is 6.61 Å². The predicted octanol–water partition coefficient (Wildman–Crippen LogP) is 3.75. The van der Waals surface area contributed by atoms with Crippen LogP contribution in [0.25, 0.3) is 11.1 Å². The second-order valence-corrected chi connectivity index (χ2v) is 3.30. The van der Waals surface area contributed by atoms with E-state index in [1.807, 2.05) is 43.3 Å². The molecule has 0 amide bonds. The summed E-state index contributed by atoms with van der Waals surface area (Å²) in [6, 6.07) is 18.4. The Morgan fingerprint density at radius 3 is 2.27 bits per heavy atom. The summed E-state index contributed by atoms with van der Waals surface area (Å²) in [7, 11) is 0. The van der Waals surface area contributed by atoms with E-state index in [0.717, 1.165) is 11.3 Å². The molecule has 0 fully saturated rings. The van der Waals surface area contributed by atoms with Gasteiger partial charge in [0, 0.05) is 5.56 Å². The van der Waals surface area contributed by atoms with Crippen LogP contribution in [0.5, 0.6) is 5.75 Å². The van der Waals surface area contributed by atoms with Crippen LogP contribution in [0.15, 0.2) is 54.6 Å². The average molecular weight is 198 g/mol. The molecule has 2 aromatic carbocycles. The first-order valence-corrected chi connectivity index (χ1v) is 5.19. The first kappa shape index (κ1) is 9.78. The SMILES string of the molecule is CCOc1ccccc1-c1ccccc1. The lowest BCUT2D eigenvalue weighted by atomic mass is 10.1. The van der Waals surface area contributed by atoms with Gasteiger partial charge in [0.1, 0.15) is 5.75 Å². The van der Waals surface area contributed by atoms with Crippen molar-refractivity contribution in [2.75, 3.05) is 6.61 Å². The smallest absolute Gasteiger partial charge is 0.127 e. The van der Waals surface area contributed by atoms with Gasteiger partial charge >= 0.3 is 0 Å². The largest absolute Gasteiger partial charge is 0.493 e.